The van der Waals surface area contributed by atoms with Crippen LogP contribution < -0.4 is 15.0 Å². The van der Waals surface area contributed by atoms with E-state index in [0.717, 1.165) is 0 Å². The minimum absolute atomic E-state index is 0.108. The summed E-state index contributed by atoms with van der Waals surface area (Å²) in [5.74, 6) is -0.416. The lowest BCUT2D eigenvalue weighted by atomic mass is 9.95. The van der Waals surface area contributed by atoms with Gasteiger partial charge in [0.15, 0.2) is 0 Å². The number of ether oxygens (including phenoxy) is 1. The number of amides is 1. The second-order valence-corrected chi connectivity index (χ2v) is 6.34. The summed E-state index contributed by atoms with van der Waals surface area (Å²) < 4.78 is 19.1. The van der Waals surface area contributed by atoms with Gasteiger partial charge in [0, 0.05) is 25.1 Å². The van der Waals surface area contributed by atoms with Crippen LogP contribution in [0.4, 0.5) is 21.5 Å². The van der Waals surface area contributed by atoms with E-state index < -0.39 is 4.92 Å². The van der Waals surface area contributed by atoms with Gasteiger partial charge in [0.2, 0.25) is 5.91 Å². The molecule has 0 aromatic heterocycles. The highest BCUT2D eigenvalue weighted by atomic mass is 19.1. The third-order valence-corrected chi connectivity index (χ3v) is 4.71. The van der Waals surface area contributed by atoms with Crippen LogP contribution in [0.25, 0.3) is 0 Å². The number of nitro groups is 1. The van der Waals surface area contributed by atoms with Crippen molar-refractivity contribution in [2.45, 2.75) is 12.8 Å². The van der Waals surface area contributed by atoms with Gasteiger partial charge in [0.05, 0.1) is 29.5 Å². The van der Waals surface area contributed by atoms with E-state index in [4.69, 9.17) is 4.74 Å². The van der Waals surface area contributed by atoms with Gasteiger partial charge in [-0.3, -0.25) is 14.9 Å². The zero-order valence-electron chi connectivity index (χ0n) is 14.9. The molecule has 1 aliphatic rings. The van der Waals surface area contributed by atoms with Crippen LogP contribution >= 0.6 is 0 Å². The van der Waals surface area contributed by atoms with Crippen molar-refractivity contribution in [1.29, 1.82) is 0 Å². The fraction of sp³-hybridized carbons (Fsp3) is 0.316. The van der Waals surface area contributed by atoms with Crippen molar-refractivity contribution in [2.24, 2.45) is 5.92 Å². The number of rotatable bonds is 5. The van der Waals surface area contributed by atoms with Gasteiger partial charge >= 0.3 is 0 Å². The van der Waals surface area contributed by atoms with Crippen LogP contribution in [0, 0.1) is 21.8 Å². The molecule has 1 amide bonds. The lowest BCUT2D eigenvalue weighted by Crippen LogP contribution is -2.38. The first-order chi connectivity index (χ1) is 13.0. The van der Waals surface area contributed by atoms with Crippen LogP contribution in [0.15, 0.2) is 42.5 Å². The summed E-state index contributed by atoms with van der Waals surface area (Å²) in [6.07, 6.45) is 1.19. The molecule has 27 heavy (non-hydrogen) atoms. The highest BCUT2D eigenvalue weighted by molar-refractivity contribution is 5.94. The molecule has 1 fully saturated rings. The van der Waals surface area contributed by atoms with Crippen LogP contribution in [-0.2, 0) is 4.79 Å². The monoisotopic (exact) mass is 373 g/mol. The molecule has 1 N–H and O–H groups in total. The van der Waals surface area contributed by atoms with E-state index in [0.29, 0.717) is 37.3 Å². The molecule has 142 valence electrons. The maximum absolute atomic E-state index is 13.9. The summed E-state index contributed by atoms with van der Waals surface area (Å²) in [7, 11) is 1.39. The first-order valence-electron chi connectivity index (χ1n) is 8.62. The van der Waals surface area contributed by atoms with Crippen molar-refractivity contribution in [2.75, 3.05) is 30.4 Å². The van der Waals surface area contributed by atoms with Crippen LogP contribution in [-0.4, -0.2) is 31.0 Å². The number of methoxy groups -OCH3 is 1. The van der Waals surface area contributed by atoms with Gasteiger partial charge in [-0.25, -0.2) is 4.39 Å². The van der Waals surface area contributed by atoms with Gasteiger partial charge in [-0.2, -0.15) is 0 Å². The topological polar surface area (TPSA) is 84.7 Å². The van der Waals surface area contributed by atoms with Crippen molar-refractivity contribution < 1.29 is 18.8 Å². The number of nitro benzene ring substituents is 1. The Balaban J connectivity index is 1.63. The molecule has 0 bridgehead atoms. The molecular weight excluding hydrogens is 353 g/mol. The van der Waals surface area contributed by atoms with E-state index in [1.807, 2.05) is 4.90 Å². The highest BCUT2D eigenvalue weighted by Crippen LogP contribution is 2.31. The molecule has 1 aliphatic heterocycles. The average molecular weight is 373 g/mol. The summed E-state index contributed by atoms with van der Waals surface area (Å²) in [6.45, 7) is 1.16. The third kappa shape index (κ3) is 4.16. The number of nitrogens with one attached hydrogen (secondary N) is 1. The summed E-state index contributed by atoms with van der Waals surface area (Å²) in [5, 5.41) is 13.6. The number of benzene rings is 2. The van der Waals surface area contributed by atoms with Crippen LogP contribution in [0.2, 0.25) is 0 Å². The predicted molar refractivity (Wildman–Crippen MR) is 99.6 cm³/mol. The maximum atomic E-state index is 13.9. The van der Waals surface area contributed by atoms with E-state index in [-0.39, 0.29) is 29.1 Å². The van der Waals surface area contributed by atoms with E-state index in [2.05, 4.69) is 5.32 Å². The van der Waals surface area contributed by atoms with Crippen molar-refractivity contribution in [3.63, 3.8) is 0 Å². The number of piperidine rings is 1. The number of anilines is 2. The number of nitrogens with zero attached hydrogens (tertiary/aromatic N) is 2. The molecule has 2 aromatic carbocycles. The molecule has 0 aliphatic carbocycles. The van der Waals surface area contributed by atoms with Crippen molar-refractivity contribution in [1.82, 2.24) is 0 Å². The van der Waals surface area contributed by atoms with Crippen molar-refractivity contribution in [3.05, 3.63) is 58.4 Å². The van der Waals surface area contributed by atoms with Gasteiger partial charge in [0.1, 0.15) is 11.6 Å². The first kappa shape index (κ1) is 18.6. The van der Waals surface area contributed by atoms with Gasteiger partial charge in [-0.05, 0) is 31.0 Å². The second kappa shape index (κ2) is 8.03. The predicted octanol–water partition coefficient (Wildman–Crippen LogP) is 3.60. The molecule has 0 atom stereocenters. The van der Waals surface area contributed by atoms with Crippen molar-refractivity contribution >= 4 is 23.0 Å². The standard InChI is InChI=1S/C19H20FN3O4/c1-27-18-12-14(23(25)26)6-7-16(18)21-19(24)13-8-10-22(11-9-13)17-5-3-2-4-15(17)20/h2-7,12-13H,8-11H2,1H3,(H,21,24). The molecule has 3 rings (SSSR count). The Morgan fingerprint density at radius 2 is 1.96 bits per heavy atom. The van der Waals surface area contributed by atoms with Crippen LogP contribution in [0.1, 0.15) is 12.8 Å². The van der Waals surface area contributed by atoms with Crippen molar-refractivity contribution in [3.8, 4) is 5.75 Å². The number of non-ortho nitro benzene ring substituents is 1. The molecule has 7 nitrogen and oxygen atoms in total. The number of hydrogen-bond acceptors (Lipinski definition) is 5. The first-order valence-corrected chi connectivity index (χ1v) is 8.62. The maximum Gasteiger partial charge on any atom is 0.273 e. The molecule has 0 saturated carbocycles. The summed E-state index contributed by atoms with van der Waals surface area (Å²) >= 11 is 0. The molecule has 8 heteroatoms. The lowest BCUT2D eigenvalue weighted by Gasteiger charge is -2.33. The lowest BCUT2D eigenvalue weighted by molar-refractivity contribution is -0.384. The number of carbonyl (C=O) groups is 1. The SMILES string of the molecule is COc1cc([N+](=O)[O-])ccc1NC(=O)C1CCN(c2ccccc2F)CC1. The van der Waals surface area contributed by atoms with Gasteiger partial charge in [-0.15, -0.1) is 0 Å². The fourth-order valence-corrected chi connectivity index (χ4v) is 3.22. The Kier molecular flexibility index (Phi) is 5.54. The number of para-hydroxylation sites is 1. The normalized spacial score (nSPS) is 14.7. The quantitative estimate of drug-likeness (QED) is 0.639. The molecule has 1 saturated heterocycles. The second-order valence-electron chi connectivity index (χ2n) is 6.34. The molecule has 0 radical (unpaired) electrons. The molecule has 0 unspecified atom stereocenters. The largest absolute Gasteiger partial charge is 0.494 e. The summed E-state index contributed by atoms with van der Waals surface area (Å²) in [6, 6.07) is 10.7. The smallest absolute Gasteiger partial charge is 0.273 e. The number of hydrogen-bond donors (Lipinski definition) is 1. The van der Waals surface area contributed by atoms with Crippen LogP contribution in [0.3, 0.4) is 0 Å². The Labute approximate surface area is 155 Å². The van der Waals surface area contributed by atoms with Gasteiger partial charge < -0.3 is 15.0 Å². The Morgan fingerprint density at radius 1 is 1.26 bits per heavy atom. The zero-order valence-corrected chi connectivity index (χ0v) is 14.9. The van der Waals surface area contributed by atoms with E-state index in [9.17, 15) is 19.3 Å². The Hall–Kier alpha value is -3.16. The van der Waals surface area contributed by atoms with Crippen LogP contribution in [0.5, 0.6) is 5.75 Å². The van der Waals surface area contributed by atoms with E-state index >= 15 is 0 Å². The molecule has 0 spiro atoms. The zero-order chi connectivity index (χ0) is 19.4. The summed E-state index contributed by atoms with van der Waals surface area (Å²) in [5.41, 5.74) is 0.834. The number of halogens is 1. The summed E-state index contributed by atoms with van der Waals surface area (Å²) in [4.78, 5) is 24.8. The minimum atomic E-state index is -0.521. The molecule has 1 heterocycles. The fourth-order valence-electron chi connectivity index (χ4n) is 3.22. The van der Waals surface area contributed by atoms with Gasteiger partial charge in [0.25, 0.3) is 5.69 Å². The Bertz CT molecular complexity index is 851. The van der Waals surface area contributed by atoms with Gasteiger partial charge in [-0.1, -0.05) is 12.1 Å². The minimum Gasteiger partial charge on any atom is -0.494 e. The highest BCUT2D eigenvalue weighted by Gasteiger charge is 2.27. The Morgan fingerprint density at radius 3 is 2.59 bits per heavy atom. The third-order valence-electron chi connectivity index (χ3n) is 4.71. The molecular formula is C19H20FN3O4. The van der Waals surface area contributed by atoms with E-state index in [1.54, 1.807) is 18.2 Å². The van der Waals surface area contributed by atoms with E-state index in [1.165, 1.54) is 31.4 Å². The number of carbonyl (C=O) groups excluding carboxylic acids is 1. The molecule has 2 aromatic rings. The average Bonchev–Trinajstić information content (AvgIpc) is 2.68.